The van der Waals surface area contributed by atoms with Crippen molar-refractivity contribution < 1.29 is 14.3 Å². The average molecular weight is 487 g/mol. The van der Waals surface area contributed by atoms with E-state index in [1.165, 1.54) is 12.7 Å². The number of H-pyrrole nitrogens is 1. The lowest BCUT2D eigenvalue weighted by Crippen LogP contribution is -2.51. The van der Waals surface area contributed by atoms with Crippen LogP contribution in [0.4, 0.5) is 4.79 Å². The Hall–Kier alpha value is -2.61. The molecule has 7 nitrogen and oxygen atoms in total. The lowest BCUT2D eigenvalue weighted by atomic mass is 10.0. The molecule has 2 aromatic rings. The van der Waals surface area contributed by atoms with E-state index in [-0.39, 0.29) is 17.9 Å². The summed E-state index contributed by atoms with van der Waals surface area (Å²) in [6, 6.07) is 7.05. The highest BCUT2D eigenvalue weighted by molar-refractivity contribution is 9.10. The van der Waals surface area contributed by atoms with Crippen LogP contribution in [0.15, 0.2) is 46.6 Å². The molecule has 2 amide bonds. The zero-order valence-corrected chi connectivity index (χ0v) is 19.5. The highest BCUT2D eigenvalue weighted by Crippen LogP contribution is 2.43. The number of imidazole rings is 1. The van der Waals surface area contributed by atoms with Crippen molar-refractivity contribution >= 4 is 27.9 Å². The Morgan fingerprint density at radius 2 is 1.97 bits per heavy atom. The Bertz CT molecular complexity index is 995. The number of rotatable bonds is 6. The number of nitrogens with zero attached hydrogens (tertiary/aromatic N) is 2. The zero-order valence-electron chi connectivity index (χ0n) is 17.9. The monoisotopic (exact) mass is 486 g/mol. The standard InChI is InChI=1S/C23H27BrN4O3/c1-13(2)20(27-23(30)31-3)22(29)28-12-16(14-4-5-14)10-19(28)21-25-11-18(26-21)15-6-8-17(24)9-7-15/h6-11,13-14,19-20H,4-5,12H2,1-3H3,(H,25,26)(H,27,30)/t19?,20-/m0/s1. The van der Waals surface area contributed by atoms with Crippen LogP contribution in [0, 0.1) is 11.8 Å². The molecule has 1 unspecified atom stereocenters. The van der Waals surface area contributed by atoms with Crippen LogP contribution in [0.5, 0.6) is 0 Å². The fraction of sp³-hybridized carbons (Fsp3) is 0.435. The van der Waals surface area contributed by atoms with Gasteiger partial charge in [-0.1, -0.05) is 48.0 Å². The van der Waals surface area contributed by atoms with Crippen LogP contribution in [0.3, 0.4) is 0 Å². The number of aromatic amines is 1. The van der Waals surface area contributed by atoms with Crippen LogP contribution in [0.1, 0.15) is 38.6 Å². The molecular formula is C23H27BrN4O3. The third-order valence-corrected chi connectivity index (χ3v) is 6.40. The van der Waals surface area contributed by atoms with E-state index in [1.807, 2.05) is 43.0 Å². The molecule has 0 radical (unpaired) electrons. The molecule has 2 N–H and O–H groups in total. The number of aromatic nitrogens is 2. The quantitative estimate of drug-likeness (QED) is 0.590. The normalized spacial score (nSPS) is 19.3. The summed E-state index contributed by atoms with van der Waals surface area (Å²) < 4.78 is 5.74. The predicted molar refractivity (Wildman–Crippen MR) is 121 cm³/mol. The van der Waals surface area contributed by atoms with Crippen molar-refractivity contribution in [1.82, 2.24) is 20.2 Å². The number of methoxy groups -OCH3 is 1. The predicted octanol–water partition coefficient (Wildman–Crippen LogP) is 4.44. The number of carbonyl (C=O) groups excluding carboxylic acids is 2. The zero-order chi connectivity index (χ0) is 22.1. The number of ether oxygens (including phenoxy) is 1. The number of nitrogens with one attached hydrogen (secondary N) is 2. The van der Waals surface area contributed by atoms with Gasteiger partial charge in [-0.25, -0.2) is 9.78 Å². The minimum atomic E-state index is -0.664. The van der Waals surface area contributed by atoms with E-state index in [1.54, 1.807) is 6.20 Å². The Morgan fingerprint density at radius 3 is 2.58 bits per heavy atom. The molecule has 2 aliphatic rings. The summed E-state index contributed by atoms with van der Waals surface area (Å²) in [5.41, 5.74) is 3.20. The first-order valence-corrected chi connectivity index (χ1v) is 11.3. The van der Waals surface area contributed by atoms with Crippen molar-refractivity contribution in [2.24, 2.45) is 11.8 Å². The first kappa shape index (κ1) is 21.6. The van der Waals surface area contributed by atoms with Gasteiger partial charge in [0.2, 0.25) is 5.91 Å². The lowest BCUT2D eigenvalue weighted by molar-refractivity contribution is -0.135. The fourth-order valence-electron chi connectivity index (χ4n) is 3.94. The number of carbonyl (C=O) groups is 2. The van der Waals surface area contributed by atoms with Crippen molar-refractivity contribution in [2.45, 2.75) is 38.8 Å². The van der Waals surface area contributed by atoms with Gasteiger partial charge < -0.3 is 19.9 Å². The molecule has 1 aliphatic carbocycles. The number of alkyl carbamates (subject to hydrolysis) is 1. The van der Waals surface area contributed by atoms with Crippen LogP contribution < -0.4 is 5.32 Å². The smallest absolute Gasteiger partial charge is 0.407 e. The number of benzene rings is 1. The Kier molecular flexibility index (Phi) is 6.18. The van der Waals surface area contributed by atoms with Gasteiger partial charge in [0.15, 0.2) is 0 Å². The summed E-state index contributed by atoms with van der Waals surface area (Å²) in [6.07, 6.45) is 5.69. The van der Waals surface area contributed by atoms with Crippen molar-refractivity contribution in [2.75, 3.05) is 13.7 Å². The molecule has 31 heavy (non-hydrogen) atoms. The Labute approximate surface area is 190 Å². The van der Waals surface area contributed by atoms with E-state index in [9.17, 15) is 9.59 Å². The van der Waals surface area contributed by atoms with E-state index in [2.05, 4.69) is 37.3 Å². The highest BCUT2D eigenvalue weighted by atomic mass is 79.9. The molecule has 1 fully saturated rings. The van der Waals surface area contributed by atoms with E-state index < -0.39 is 12.1 Å². The van der Waals surface area contributed by atoms with Gasteiger partial charge in [0.1, 0.15) is 17.9 Å². The van der Waals surface area contributed by atoms with Gasteiger partial charge in [-0.15, -0.1) is 0 Å². The summed E-state index contributed by atoms with van der Waals surface area (Å²) in [5.74, 6) is 1.07. The van der Waals surface area contributed by atoms with Gasteiger partial charge in [-0.3, -0.25) is 4.79 Å². The summed E-state index contributed by atoms with van der Waals surface area (Å²) in [7, 11) is 1.30. The van der Waals surface area contributed by atoms with Gasteiger partial charge in [-0.2, -0.15) is 0 Å². The number of hydrogen-bond donors (Lipinski definition) is 2. The minimum Gasteiger partial charge on any atom is -0.453 e. The molecule has 0 spiro atoms. The fourth-order valence-corrected chi connectivity index (χ4v) is 4.21. The van der Waals surface area contributed by atoms with Gasteiger partial charge in [0.25, 0.3) is 0 Å². The summed E-state index contributed by atoms with van der Waals surface area (Å²) in [4.78, 5) is 35.1. The maximum Gasteiger partial charge on any atom is 0.407 e. The Morgan fingerprint density at radius 1 is 1.26 bits per heavy atom. The van der Waals surface area contributed by atoms with Crippen LogP contribution in [0.2, 0.25) is 0 Å². The topological polar surface area (TPSA) is 87.3 Å². The maximum absolute atomic E-state index is 13.5. The summed E-state index contributed by atoms with van der Waals surface area (Å²) in [5, 5.41) is 2.70. The van der Waals surface area contributed by atoms with E-state index in [0.29, 0.717) is 12.5 Å². The SMILES string of the molecule is COC(=O)N[C@H](C(=O)N1CC(C2CC2)=CC1c1ncc(-c2ccc(Br)cc2)[nH]1)C(C)C. The van der Waals surface area contributed by atoms with Gasteiger partial charge >= 0.3 is 6.09 Å². The molecule has 1 aliphatic heterocycles. The van der Waals surface area contributed by atoms with Gasteiger partial charge in [-0.05, 0) is 47.9 Å². The number of halogens is 1. The third-order valence-electron chi connectivity index (χ3n) is 5.87. The van der Waals surface area contributed by atoms with Crippen molar-refractivity contribution in [1.29, 1.82) is 0 Å². The molecule has 1 saturated carbocycles. The molecule has 0 bridgehead atoms. The van der Waals surface area contributed by atoms with Crippen molar-refractivity contribution in [3.63, 3.8) is 0 Å². The first-order chi connectivity index (χ1) is 14.9. The molecule has 1 aromatic heterocycles. The van der Waals surface area contributed by atoms with Crippen LogP contribution in [0.25, 0.3) is 11.3 Å². The number of hydrogen-bond acceptors (Lipinski definition) is 4. The number of amides is 2. The van der Waals surface area contributed by atoms with Crippen molar-refractivity contribution in [3.05, 3.63) is 52.4 Å². The van der Waals surface area contributed by atoms with Crippen LogP contribution in [-0.4, -0.2) is 46.6 Å². The molecule has 164 valence electrons. The van der Waals surface area contributed by atoms with E-state index >= 15 is 0 Å². The lowest BCUT2D eigenvalue weighted by Gasteiger charge is -2.30. The molecule has 2 heterocycles. The maximum atomic E-state index is 13.5. The molecule has 0 saturated heterocycles. The minimum absolute atomic E-state index is 0.0767. The first-order valence-electron chi connectivity index (χ1n) is 10.5. The van der Waals surface area contributed by atoms with E-state index in [4.69, 9.17) is 4.74 Å². The largest absolute Gasteiger partial charge is 0.453 e. The summed E-state index contributed by atoms with van der Waals surface area (Å²) in [6.45, 7) is 4.39. The van der Waals surface area contributed by atoms with Crippen LogP contribution in [-0.2, 0) is 9.53 Å². The second kappa shape index (κ2) is 8.86. The molecule has 2 atom stereocenters. The molecule has 4 rings (SSSR count). The van der Waals surface area contributed by atoms with Crippen LogP contribution >= 0.6 is 15.9 Å². The van der Waals surface area contributed by atoms with Gasteiger partial charge in [0.05, 0.1) is 19.0 Å². The van der Waals surface area contributed by atoms with Gasteiger partial charge in [0, 0.05) is 11.0 Å². The second-order valence-electron chi connectivity index (χ2n) is 8.47. The summed E-state index contributed by atoms with van der Waals surface area (Å²) >= 11 is 3.46. The Balaban J connectivity index is 1.61. The molecule has 1 aromatic carbocycles. The average Bonchev–Trinajstić information content (AvgIpc) is 3.32. The third kappa shape index (κ3) is 4.69. The van der Waals surface area contributed by atoms with Crippen molar-refractivity contribution in [3.8, 4) is 11.3 Å². The van der Waals surface area contributed by atoms with E-state index in [0.717, 1.165) is 34.4 Å². The molecular weight excluding hydrogens is 460 g/mol. The highest BCUT2D eigenvalue weighted by Gasteiger charge is 2.40. The molecule has 8 heteroatoms. The second-order valence-corrected chi connectivity index (χ2v) is 9.39.